The van der Waals surface area contributed by atoms with Crippen LogP contribution in [0.4, 0.5) is 14.9 Å². The SMILES string of the molecule is CC1(C)OB(c2ccc(OCCCNC(=O)Nc3ccccc3F)cc2)OC1(C)C. The topological polar surface area (TPSA) is 68.8 Å². The second-order valence-corrected chi connectivity index (χ2v) is 8.22. The highest BCUT2D eigenvalue weighted by atomic mass is 19.1. The lowest BCUT2D eigenvalue weighted by Crippen LogP contribution is -2.41. The Morgan fingerprint density at radius 3 is 2.30 bits per heavy atom. The van der Waals surface area contributed by atoms with Crippen LogP contribution in [0.3, 0.4) is 0 Å². The van der Waals surface area contributed by atoms with Gasteiger partial charge in [-0.2, -0.15) is 0 Å². The minimum atomic E-state index is -0.472. The highest BCUT2D eigenvalue weighted by molar-refractivity contribution is 6.62. The van der Waals surface area contributed by atoms with Gasteiger partial charge in [0.1, 0.15) is 11.6 Å². The van der Waals surface area contributed by atoms with Crippen molar-refractivity contribution < 1.29 is 23.2 Å². The van der Waals surface area contributed by atoms with E-state index in [1.54, 1.807) is 12.1 Å². The third kappa shape index (κ3) is 5.31. The number of carbonyl (C=O) groups excluding carboxylic acids is 1. The van der Waals surface area contributed by atoms with E-state index in [9.17, 15) is 9.18 Å². The summed E-state index contributed by atoms with van der Waals surface area (Å²) in [5.74, 6) is 0.256. The van der Waals surface area contributed by atoms with Crippen LogP contribution in [-0.2, 0) is 9.31 Å². The van der Waals surface area contributed by atoms with Gasteiger partial charge in [-0.05, 0) is 63.8 Å². The number of anilines is 1. The first kappa shape index (κ1) is 22.1. The number of rotatable bonds is 7. The molecule has 2 amide bonds. The molecule has 1 aliphatic rings. The molecular weight excluding hydrogens is 386 g/mol. The smallest absolute Gasteiger partial charge is 0.494 e. The molecule has 0 radical (unpaired) electrons. The minimum absolute atomic E-state index is 0.147. The van der Waals surface area contributed by atoms with Gasteiger partial charge in [-0.1, -0.05) is 24.3 Å². The lowest BCUT2D eigenvalue weighted by molar-refractivity contribution is 0.00578. The maximum atomic E-state index is 13.5. The van der Waals surface area contributed by atoms with Crippen molar-refractivity contribution >= 4 is 24.3 Å². The average molecular weight is 414 g/mol. The third-order valence-corrected chi connectivity index (χ3v) is 5.40. The van der Waals surface area contributed by atoms with E-state index >= 15 is 0 Å². The van der Waals surface area contributed by atoms with Crippen LogP contribution in [0.1, 0.15) is 34.1 Å². The van der Waals surface area contributed by atoms with Gasteiger partial charge in [-0.15, -0.1) is 0 Å². The summed E-state index contributed by atoms with van der Waals surface area (Å²) in [6.45, 7) is 8.94. The summed E-state index contributed by atoms with van der Waals surface area (Å²) in [5, 5.41) is 5.15. The summed E-state index contributed by atoms with van der Waals surface area (Å²) < 4.78 is 31.3. The zero-order valence-electron chi connectivity index (χ0n) is 17.8. The molecule has 0 bridgehead atoms. The summed E-state index contributed by atoms with van der Waals surface area (Å²) in [5.41, 5.74) is 0.331. The van der Waals surface area contributed by atoms with E-state index in [4.69, 9.17) is 14.0 Å². The Kier molecular flexibility index (Phi) is 6.68. The van der Waals surface area contributed by atoms with E-state index in [1.807, 2.05) is 52.0 Å². The van der Waals surface area contributed by atoms with Gasteiger partial charge in [0.2, 0.25) is 0 Å². The molecule has 3 rings (SSSR count). The van der Waals surface area contributed by atoms with E-state index in [0.717, 1.165) is 11.2 Å². The summed E-state index contributed by atoms with van der Waals surface area (Å²) >= 11 is 0. The average Bonchev–Trinajstić information content (AvgIpc) is 2.91. The fourth-order valence-corrected chi connectivity index (χ4v) is 2.89. The van der Waals surface area contributed by atoms with Crippen molar-refractivity contribution in [1.29, 1.82) is 0 Å². The van der Waals surface area contributed by atoms with Gasteiger partial charge in [0.25, 0.3) is 0 Å². The van der Waals surface area contributed by atoms with E-state index in [1.165, 1.54) is 12.1 Å². The molecule has 1 fully saturated rings. The largest absolute Gasteiger partial charge is 0.494 e. The molecule has 0 unspecified atom stereocenters. The Morgan fingerprint density at radius 2 is 1.67 bits per heavy atom. The van der Waals surface area contributed by atoms with Gasteiger partial charge in [0.05, 0.1) is 23.5 Å². The standard InChI is InChI=1S/C22H28BFN2O4/c1-21(2)22(3,4)30-23(29-21)16-10-12-17(13-11-16)28-15-7-14-25-20(27)26-19-9-6-5-8-18(19)24/h5-6,8-13H,7,14-15H2,1-4H3,(H2,25,26,27). The number of urea groups is 1. The maximum absolute atomic E-state index is 13.5. The van der Waals surface area contributed by atoms with Crippen LogP contribution in [0.2, 0.25) is 0 Å². The number of ether oxygens (including phenoxy) is 1. The molecule has 2 aromatic carbocycles. The molecule has 0 aromatic heterocycles. The molecule has 30 heavy (non-hydrogen) atoms. The van der Waals surface area contributed by atoms with E-state index in [2.05, 4.69) is 10.6 Å². The van der Waals surface area contributed by atoms with Gasteiger partial charge in [-0.25, -0.2) is 9.18 Å². The van der Waals surface area contributed by atoms with Crippen LogP contribution in [0.5, 0.6) is 5.75 Å². The predicted octanol–water partition coefficient (Wildman–Crippen LogP) is 3.72. The monoisotopic (exact) mass is 414 g/mol. The van der Waals surface area contributed by atoms with Gasteiger partial charge >= 0.3 is 13.1 Å². The molecule has 0 spiro atoms. The molecule has 1 saturated heterocycles. The van der Waals surface area contributed by atoms with E-state index in [0.29, 0.717) is 19.6 Å². The number of hydrogen-bond acceptors (Lipinski definition) is 4. The number of halogens is 1. The lowest BCUT2D eigenvalue weighted by Gasteiger charge is -2.32. The van der Waals surface area contributed by atoms with Crippen molar-refractivity contribution in [2.24, 2.45) is 0 Å². The molecule has 1 heterocycles. The number of para-hydroxylation sites is 1. The van der Waals surface area contributed by atoms with Crippen molar-refractivity contribution in [3.05, 3.63) is 54.3 Å². The zero-order valence-corrected chi connectivity index (χ0v) is 17.8. The second kappa shape index (κ2) is 9.06. The summed E-state index contributed by atoms with van der Waals surface area (Å²) in [6, 6.07) is 13.2. The molecule has 0 atom stereocenters. The number of carbonyl (C=O) groups is 1. The Hall–Kier alpha value is -2.58. The van der Waals surface area contributed by atoms with Crippen LogP contribution in [0.15, 0.2) is 48.5 Å². The van der Waals surface area contributed by atoms with Crippen molar-refractivity contribution in [1.82, 2.24) is 5.32 Å². The van der Waals surface area contributed by atoms with Crippen molar-refractivity contribution in [2.75, 3.05) is 18.5 Å². The Balaban J connectivity index is 1.38. The fourth-order valence-electron chi connectivity index (χ4n) is 2.89. The number of hydrogen-bond donors (Lipinski definition) is 2. The number of nitrogens with one attached hydrogen (secondary N) is 2. The van der Waals surface area contributed by atoms with Crippen molar-refractivity contribution in [3.63, 3.8) is 0 Å². The predicted molar refractivity (Wildman–Crippen MR) is 116 cm³/mol. The first-order chi connectivity index (χ1) is 14.2. The van der Waals surface area contributed by atoms with Crippen LogP contribution in [-0.4, -0.2) is 37.5 Å². The van der Waals surface area contributed by atoms with Crippen LogP contribution < -0.4 is 20.8 Å². The molecule has 8 heteroatoms. The Morgan fingerprint density at radius 1 is 1.03 bits per heavy atom. The van der Waals surface area contributed by atoms with Gasteiger partial charge in [0, 0.05) is 6.54 Å². The first-order valence-corrected chi connectivity index (χ1v) is 10.1. The summed E-state index contributed by atoms with van der Waals surface area (Å²) in [6.07, 6.45) is 0.615. The van der Waals surface area contributed by atoms with Crippen molar-refractivity contribution in [3.8, 4) is 5.75 Å². The Labute approximate surface area is 177 Å². The Bertz CT molecular complexity index is 858. The summed E-state index contributed by atoms with van der Waals surface area (Å²) in [7, 11) is -0.402. The number of amides is 2. The first-order valence-electron chi connectivity index (χ1n) is 10.1. The van der Waals surface area contributed by atoms with Crippen LogP contribution in [0, 0.1) is 5.82 Å². The normalized spacial score (nSPS) is 16.9. The highest BCUT2D eigenvalue weighted by Crippen LogP contribution is 2.36. The van der Waals surface area contributed by atoms with Crippen molar-refractivity contribution in [2.45, 2.75) is 45.3 Å². The van der Waals surface area contributed by atoms with Gasteiger partial charge in [-0.3, -0.25) is 0 Å². The molecule has 6 nitrogen and oxygen atoms in total. The van der Waals surface area contributed by atoms with Gasteiger partial charge in [0.15, 0.2) is 0 Å². The molecule has 2 N–H and O–H groups in total. The molecular formula is C22H28BFN2O4. The number of benzene rings is 2. The van der Waals surface area contributed by atoms with Gasteiger partial charge < -0.3 is 24.7 Å². The minimum Gasteiger partial charge on any atom is -0.494 e. The second-order valence-electron chi connectivity index (χ2n) is 8.22. The van der Waals surface area contributed by atoms with Crippen LogP contribution in [0.25, 0.3) is 0 Å². The fraction of sp³-hybridized carbons (Fsp3) is 0.409. The van der Waals surface area contributed by atoms with Crippen LogP contribution >= 0.6 is 0 Å². The highest BCUT2D eigenvalue weighted by Gasteiger charge is 2.51. The molecule has 2 aromatic rings. The zero-order chi connectivity index (χ0) is 21.8. The van der Waals surface area contributed by atoms with E-state index < -0.39 is 19.0 Å². The molecule has 0 aliphatic carbocycles. The van der Waals surface area contributed by atoms with E-state index in [-0.39, 0.29) is 16.9 Å². The quantitative estimate of drug-likeness (QED) is 0.536. The maximum Gasteiger partial charge on any atom is 0.494 e. The molecule has 1 aliphatic heterocycles. The third-order valence-electron chi connectivity index (χ3n) is 5.40. The molecule has 0 saturated carbocycles. The molecule has 160 valence electrons. The lowest BCUT2D eigenvalue weighted by atomic mass is 9.79. The summed E-state index contributed by atoms with van der Waals surface area (Å²) in [4.78, 5) is 11.8.